The van der Waals surface area contributed by atoms with Gasteiger partial charge in [-0.05, 0) is 26.1 Å². The molecule has 1 N–H and O–H groups in total. The van der Waals surface area contributed by atoms with E-state index in [2.05, 4.69) is 0 Å². The molecule has 2 aromatic rings. The lowest BCUT2D eigenvalue weighted by Gasteiger charge is -2.34. The first-order chi connectivity index (χ1) is 13.4. The Bertz CT molecular complexity index is 919. The van der Waals surface area contributed by atoms with Crippen LogP contribution in [0.2, 0.25) is 0 Å². The van der Waals surface area contributed by atoms with Crippen molar-refractivity contribution in [2.75, 3.05) is 39.8 Å². The van der Waals surface area contributed by atoms with E-state index in [9.17, 15) is 14.4 Å². The number of aliphatic carboxylic acids is 1. The van der Waals surface area contributed by atoms with Gasteiger partial charge in [-0.2, -0.15) is 0 Å². The van der Waals surface area contributed by atoms with E-state index in [4.69, 9.17) is 9.84 Å². The minimum atomic E-state index is -0.905. The number of carbonyl (C=O) groups excluding carboxylic acids is 1. The van der Waals surface area contributed by atoms with Crippen LogP contribution in [-0.4, -0.2) is 81.9 Å². The van der Waals surface area contributed by atoms with Crippen molar-refractivity contribution in [3.63, 3.8) is 0 Å². The molecule has 1 aliphatic heterocycles. The van der Waals surface area contributed by atoms with Gasteiger partial charge >= 0.3 is 11.7 Å². The van der Waals surface area contributed by atoms with Gasteiger partial charge in [0.05, 0.1) is 30.3 Å². The van der Waals surface area contributed by atoms with Crippen LogP contribution < -0.4 is 5.69 Å². The van der Waals surface area contributed by atoms with Gasteiger partial charge in [0.25, 0.3) is 0 Å². The van der Waals surface area contributed by atoms with Gasteiger partial charge in [0.2, 0.25) is 5.91 Å². The van der Waals surface area contributed by atoms with E-state index in [0.29, 0.717) is 32.8 Å². The van der Waals surface area contributed by atoms with E-state index >= 15 is 0 Å². The second kappa shape index (κ2) is 8.57. The zero-order valence-electron chi connectivity index (χ0n) is 16.2. The van der Waals surface area contributed by atoms with Crippen molar-refractivity contribution in [1.82, 2.24) is 18.9 Å². The Labute approximate surface area is 162 Å². The molecule has 0 saturated carbocycles. The summed E-state index contributed by atoms with van der Waals surface area (Å²) in [5.41, 5.74) is 1.37. The molecule has 2 heterocycles. The summed E-state index contributed by atoms with van der Waals surface area (Å²) < 4.78 is 8.85. The SMILES string of the molecule is CCn1c(=O)n(CC(=O)N2CCOC(CN(C)CC(=O)O)C2)c2ccccc21. The van der Waals surface area contributed by atoms with E-state index in [1.807, 2.05) is 31.2 Å². The van der Waals surface area contributed by atoms with E-state index in [1.54, 1.807) is 21.4 Å². The predicted molar refractivity (Wildman–Crippen MR) is 103 cm³/mol. The molecular weight excluding hydrogens is 364 g/mol. The molecule has 1 aromatic heterocycles. The molecule has 1 aliphatic rings. The molecule has 1 atom stereocenters. The highest BCUT2D eigenvalue weighted by Crippen LogP contribution is 2.14. The van der Waals surface area contributed by atoms with Crippen LogP contribution in [0.15, 0.2) is 29.1 Å². The van der Waals surface area contributed by atoms with Crippen LogP contribution >= 0.6 is 0 Å². The van der Waals surface area contributed by atoms with Crippen LogP contribution in [0.3, 0.4) is 0 Å². The molecule has 9 heteroatoms. The number of benzene rings is 1. The summed E-state index contributed by atoms with van der Waals surface area (Å²) in [4.78, 5) is 39.7. The van der Waals surface area contributed by atoms with Gasteiger partial charge in [0.15, 0.2) is 0 Å². The van der Waals surface area contributed by atoms with Crippen molar-refractivity contribution < 1.29 is 19.4 Å². The van der Waals surface area contributed by atoms with Gasteiger partial charge in [-0.3, -0.25) is 23.6 Å². The maximum Gasteiger partial charge on any atom is 0.329 e. The molecule has 1 aromatic carbocycles. The van der Waals surface area contributed by atoms with Gasteiger partial charge < -0.3 is 14.7 Å². The second-order valence-electron chi connectivity index (χ2n) is 7.02. The van der Waals surface area contributed by atoms with Crippen molar-refractivity contribution in [2.24, 2.45) is 0 Å². The number of carboxylic acid groups (broad SMARTS) is 1. The van der Waals surface area contributed by atoms with Gasteiger partial charge in [-0.1, -0.05) is 12.1 Å². The molecule has 0 spiro atoms. The van der Waals surface area contributed by atoms with Crippen LogP contribution in [0.25, 0.3) is 11.0 Å². The molecule has 1 fully saturated rings. The Morgan fingerprint density at radius 1 is 1.25 bits per heavy atom. The number of carbonyl (C=O) groups is 2. The van der Waals surface area contributed by atoms with E-state index < -0.39 is 5.97 Å². The highest BCUT2D eigenvalue weighted by Gasteiger charge is 2.26. The van der Waals surface area contributed by atoms with Crippen molar-refractivity contribution in [1.29, 1.82) is 0 Å². The van der Waals surface area contributed by atoms with E-state index in [-0.39, 0.29) is 30.8 Å². The number of fused-ring (bicyclic) bond motifs is 1. The average molecular weight is 390 g/mol. The third-order valence-electron chi connectivity index (χ3n) is 4.95. The third-order valence-corrected chi connectivity index (χ3v) is 4.95. The fourth-order valence-electron chi connectivity index (χ4n) is 3.67. The first kappa shape index (κ1) is 20.1. The van der Waals surface area contributed by atoms with Gasteiger partial charge in [-0.15, -0.1) is 0 Å². The van der Waals surface area contributed by atoms with E-state index in [1.165, 1.54) is 4.57 Å². The Hall–Kier alpha value is -2.65. The molecule has 1 unspecified atom stereocenters. The van der Waals surface area contributed by atoms with Crippen LogP contribution in [0, 0.1) is 0 Å². The standard InChI is InChI=1S/C19H26N4O5/c1-3-22-15-6-4-5-7-16(15)23(19(22)27)12-17(24)21-8-9-28-14(11-21)10-20(2)13-18(25)26/h4-7,14H,3,8-13H2,1-2H3,(H,25,26). The highest BCUT2D eigenvalue weighted by molar-refractivity contribution is 5.81. The lowest BCUT2D eigenvalue weighted by atomic mass is 10.2. The molecule has 28 heavy (non-hydrogen) atoms. The predicted octanol–water partition coefficient (Wildman–Crippen LogP) is 0.0667. The summed E-state index contributed by atoms with van der Waals surface area (Å²) >= 11 is 0. The zero-order valence-corrected chi connectivity index (χ0v) is 16.2. The summed E-state index contributed by atoms with van der Waals surface area (Å²) in [7, 11) is 1.71. The molecule has 152 valence electrons. The Morgan fingerprint density at radius 3 is 2.57 bits per heavy atom. The van der Waals surface area contributed by atoms with Crippen molar-refractivity contribution in [2.45, 2.75) is 26.1 Å². The number of hydrogen-bond acceptors (Lipinski definition) is 5. The molecule has 3 rings (SSSR count). The Balaban J connectivity index is 1.71. The number of aryl methyl sites for hydroxylation is 1. The minimum Gasteiger partial charge on any atom is -0.480 e. The lowest BCUT2D eigenvalue weighted by molar-refractivity contribution is -0.142. The van der Waals surface area contributed by atoms with Gasteiger partial charge in [0, 0.05) is 26.2 Å². The number of amides is 1. The summed E-state index contributed by atoms with van der Waals surface area (Å²) in [6.07, 6.45) is -0.254. The number of carboxylic acids is 1. The number of imidazole rings is 1. The molecule has 1 amide bonds. The first-order valence-corrected chi connectivity index (χ1v) is 9.38. The maximum absolute atomic E-state index is 12.9. The molecule has 1 saturated heterocycles. The number of likely N-dealkylation sites (N-methyl/N-ethyl adjacent to an activating group) is 1. The fourth-order valence-corrected chi connectivity index (χ4v) is 3.67. The topological polar surface area (TPSA) is 97.0 Å². The Kier molecular flexibility index (Phi) is 6.15. The summed E-state index contributed by atoms with van der Waals surface area (Å²) in [5.74, 6) is -1.05. The average Bonchev–Trinajstić information content (AvgIpc) is 2.92. The Morgan fingerprint density at radius 2 is 1.93 bits per heavy atom. The summed E-state index contributed by atoms with van der Waals surface area (Å²) in [6, 6.07) is 7.45. The lowest BCUT2D eigenvalue weighted by Crippen LogP contribution is -2.50. The summed E-state index contributed by atoms with van der Waals surface area (Å²) in [6.45, 7) is 3.98. The second-order valence-corrected chi connectivity index (χ2v) is 7.02. The van der Waals surface area contributed by atoms with Crippen LogP contribution in [0.1, 0.15) is 6.92 Å². The number of nitrogens with zero attached hydrogens (tertiary/aromatic N) is 4. The molecule has 0 aliphatic carbocycles. The third kappa shape index (κ3) is 4.26. The van der Waals surface area contributed by atoms with Gasteiger partial charge in [0.1, 0.15) is 6.54 Å². The maximum atomic E-state index is 12.9. The molecule has 0 bridgehead atoms. The normalized spacial score (nSPS) is 17.4. The number of para-hydroxylation sites is 2. The largest absolute Gasteiger partial charge is 0.480 e. The molecule has 0 radical (unpaired) electrons. The zero-order chi connectivity index (χ0) is 20.3. The van der Waals surface area contributed by atoms with Crippen LogP contribution in [-0.2, 0) is 27.4 Å². The van der Waals surface area contributed by atoms with Crippen LogP contribution in [0.4, 0.5) is 0 Å². The van der Waals surface area contributed by atoms with Crippen molar-refractivity contribution in [3.05, 3.63) is 34.7 Å². The smallest absolute Gasteiger partial charge is 0.329 e. The molecule has 9 nitrogen and oxygen atoms in total. The number of hydrogen-bond donors (Lipinski definition) is 1. The number of aromatic nitrogens is 2. The fraction of sp³-hybridized carbons (Fsp3) is 0.526. The van der Waals surface area contributed by atoms with Gasteiger partial charge in [-0.25, -0.2) is 4.79 Å². The first-order valence-electron chi connectivity index (χ1n) is 9.38. The van der Waals surface area contributed by atoms with Crippen LogP contribution in [0.5, 0.6) is 0 Å². The van der Waals surface area contributed by atoms with Crippen molar-refractivity contribution >= 4 is 22.9 Å². The van der Waals surface area contributed by atoms with Crippen molar-refractivity contribution in [3.8, 4) is 0 Å². The minimum absolute atomic E-state index is 0.0238. The molecular formula is C19H26N4O5. The summed E-state index contributed by atoms with van der Waals surface area (Å²) in [5, 5.41) is 8.87. The number of ether oxygens (including phenoxy) is 1. The number of rotatable bonds is 7. The quantitative estimate of drug-likeness (QED) is 0.719. The monoisotopic (exact) mass is 390 g/mol. The number of morpholine rings is 1. The van der Waals surface area contributed by atoms with E-state index in [0.717, 1.165) is 11.0 Å². The highest BCUT2D eigenvalue weighted by atomic mass is 16.5.